The van der Waals surface area contributed by atoms with E-state index < -0.39 is 0 Å². The number of nitrogens with zero attached hydrogens (tertiary/aromatic N) is 5. The van der Waals surface area contributed by atoms with E-state index in [9.17, 15) is 9.59 Å². The summed E-state index contributed by atoms with van der Waals surface area (Å²) >= 11 is 0. The molecule has 2 aromatic carbocycles. The van der Waals surface area contributed by atoms with Crippen LogP contribution in [-0.2, 0) is 11.2 Å². The average molecular weight is 556 g/mol. The van der Waals surface area contributed by atoms with Gasteiger partial charge in [0.25, 0.3) is 5.91 Å². The SMILES string of the molecule is CCc1cnn2c(Nc3cccc(NC(=O)c4ccc(NC(C)=O)cc4)c3)nc(N[C@H]3CC[C@H](N(C)C)CC3)nc12. The van der Waals surface area contributed by atoms with Crippen LogP contribution in [0.3, 0.4) is 0 Å². The highest BCUT2D eigenvalue weighted by Crippen LogP contribution is 2.26. The first-order valence-electron chi connectivity index (χ1n) is 14.0. The monoisotopic (exact) mass is 555 g/mol. The molecule has 0 unspecified atom stereocenters. The average Bonchev–Trinajstić information content (AvgIpc) is 3.37. The van der Waals surface area contributed by atoms with E-state index in [0.717, 1.165) is 49.0 Å². The summed E-state index contributed by atoms with van der Waals surface area (Å²) in [5.74, 6) is 0.700. The molecule has 4 aromatic rings. The van der Waals surface area contributed by atoms with Crippen LogP contribution in [0.5, 0.6) is 0 Å². The number of aryl methyl sites for hydroxylation is 1. The van der Waals surface area contributed by atoms with Gasteiger partial charge >= 0.3 is 0 Å². The standard InChI is InChI=1S/C30H37N9O2/c1-5-20-18-31-39-27(20)36-29(34-23-13-15-26(16-14-23)38(3)4)37-30(39)35-25-8-6-7-24(17-25)33-28(41)21-9-11-22(12-10-21)32-19(2)40/h6-12,17-18,23,26H,5,13-16H2,1-4H3,(H,32,40)(H,33,41)(H2,34,35,36,37)/t23-,26-. The molecule has 1 aliphatic rings. The van der Waals surface area contributed by atoms with Gasteiger partial charge in [-0.2, -0.15) is 19.6 Å². The van der Waals surface area contributed by atoms with Gasteiger partial charge in [-0.3, -0.25) is 9.59 Å². The Balaban J connectivity index is 1.32. The van der Waals surface area contributed by atoms with Crippen LogP contribution in [-0.4, -0.2) is 62.5 Å². The lowest BCUT2D eigenvalue weighted by Gasteiger charge is -2.33. The zero-order chi connectivity index (χ0) is 28.9. The molecule has 2 aromatic heterocycles. The highest BCUT2D eigenvalue weighted by atomic mass is 16.2. The van der Waals surface area contributed by atoms with Crippen LogP contribution in [0.25, 0.3) is 5.65 Å². The lowest BCUT2D eigenvalue weighted by molar-refractivity contribution is -0.114. The van der Waals surface area contributed by atoms with Crippen molar-refractivity contribution in [3.8, 4) is 0 Å². The van der Waals surface area contributed by atoms with Gasteiger partial charge in [0.05, 0.1) is 6.20 Å². The van der Waals surface area contributed by atoms with Crippen molar-refractivity contribution in [1.82, 2.24) is 24.5 Å². The normalized spacial score (nSPS) is 16.9. The second-order valence-corrected chi connectivity index (χ2v) is 10.7. The van der Waals surface area contributed by atoms with E-state index >= 15 is 0 Å². The molecule has 11 nitrogen and oxygen atoms in total. The van der Waals surface area contributed by atoms with Crippen LogP contribution in [0, 0.1) is 0 Å². The lowest BCUT2D eigenvalue weighted by atomic mass is 9.91. The zero-order valence-electron chi connectivity index (χ0n) is 23.9. The van der Waals surface area contributed by atoms with E-state index in [1.54, 1.807) is 28.8 Å². The van der Waals surface area contributed by atoms with Crippen LogP contribution in [0.1, 0.15) is 55.5 Å². The molecule has 11 heteroatoms. The van der Waals surface area contributed by atoms with Crippen LogP contribution >= 0.6 is 0 Å². The third-order valence-electron chi connectivity index (χ3n) is 7.43. The Kier molecular flexibility index (Phi) is 8.44. The molecule has 0 atom stereocenters. The van der Waals surface area contributed by atoms with E-state index in [2.05, 4.69) is 52.3 Å². The Morgan fingerprint density at radius 1 is 0.951 bits per heavy atom. The fraction of sp³-hybridized carbons (Fsp3) is 0.367. The molecule has 0 saturated heterocycles. The Bertz CT molecular complexity index is 1520. The van der Waals surface area contributed by atoms with Crippen molar-refractivity contribution in [1.29, 1.82) is 0 Å². The predicted octanol–water partition coefficient (Wildman–Crippen LogP) is 4.93. The molecule has 1 aliphatic carbocycles. The minimum atomic E-state index is -0.254. The van der Waals surface area contributed by atoms with Gasteiger partial charge in [-0.25, -0.2) is 0 Å². The first kappa shape index (κ1) is 28.0. The zero-order valence-corrected chi connectivity index (χ0v) is 23.9. The number of hydrogen-bond donors (Lipinski definition) is 4. The van der Waals surface area contributed by atoms with E-state index in [1.165, 1.54) is 6.92 Å². The van der Waals surface area contributed by atoms with Gasteiger partial charge in [-0.05, 0) is 88.7 Å². The maximum atomic E-state index is 12.9. The maximum absolute atomic E-state index is 12.9. The second-order valence-electron chi connectivity index (χ2n) is 10.7. The quantitative estimate of drug-likeness (QED) is 0.229. The van der Waals surface area contributed by atoms with Gasteiger partial charge in [0.2, 0.25) is 17.8 Å². The van der Waals surface area contributed by atoms with Crippen LogP contribution in [0.4, 0.5) is 29.0 Å². The molecule has 4 N–H and O–H groups in total. The predicted molar refractivity (Wildman–Crippen MR) is 162 cm³/mol. The van der Waals surface area contributed by atoms with Gasteiger partial charge in [0.15, 0.2) is 5.65 Å². The molecule has 2 heterocycles. The van der Waals surface area contributed by atoms with Crippen molar-refractivity contribution in [3.63, 3.8) is 0 Å². The van der Waals surface area contributed by atoms with Crippen LogP contribution in [0.15, 0.2) is 54.7 Å². The highest BCUT2D eigenvalue weighted by Gasteiger charge is 2.23. The van der Waals surface area contributed by atoms with Crippen molar-refractivity contribution >= 4 is 46.4 Å². The van der Waals surface area contributed by atoms with Gasteiger partial charge < -0.3 is 26.2 Å². The summed E-state index contributed by atoms with van der Waals surface area (Å²) < 4.78 is 1.72. The molecule has 1 fully saturated rings. The van der Waals surface area contributed by atoms with Crippen molar-refractivity contribution in [2.24, 2.45) is 0 Å². The number of carbonyl (C=O) groups is 2. The van der Waals surface area contributed by atoms with E-state index in [0.29, 0.717) is 40.9 Å². The number of benzene rings is 2. The number of rotatable bonds is 9. The van der Waals surface area contributed by atoms with Gasteiger partial charge in [0.1, 0.15) is 0 Å². The molecule has 0 spiro atoms. The molecular weight excluding hydrogens is 518 g/mol. The number of carbonyl (C=O) groups excluding carboxylic acids is 2. The largest absolute Gasteiger partial charge is 0.351 e. The smallest absolute Gasteiger partial charge is 0.255 e. The topological polar surface area (TPSA) is 129 Å². The lowest BCUT2D eigenvalue weighted by Crippen LogP contribution is -2.36. The number of fused-ring (bicyclic) bond motifs is 1. The Morgan fingerprint density at radius 3 is 2.37 bits per heavy atom. The molecule has 41 heavy (non-hydrogen) atoms. The summed E-state index contributed by atoms with van der Waals surface area (Å²) in [6.07, 6.45) is 7.05. The van der Waals surface area contributed by atoms with Crippen molar-refractivity contribution in [2.45, 2.75) is 58.0 Å². The van der Waals surface area contributed by atoms with Gasteiger partial charge in [0, 0.05) is 47.2 Å². The fourth-order valence-corrected chi connectivity index (χ4v) is 5.15. The molecule has 214 valence electrons. The van der Waals surface area contributed by atoms with Gasteiger partial charge in [-0.1, -0.05) is 13.0 Å². The Morgan fingerprint density at radius 2 is 1.68 bits per heavy atom. The summed E-state index contributed by atoms with van der Waals surface area (Å²) in [7, 11) is 4.29. The second kappa shape index (κ2) is 12.3. The third kappa shape index (κ3) is 6.80. The number of aromatic nitrogens is 4. The van der Waals surface area contributed by atoms with Gasteiger partial charge in [-0.15, -0.1) is 0 Å². The van der Waals surface area contributed by atoms with Crippen molar-refractivity contribution in [3.05, 3.63) is 65.9 Å². The number of amides is 2. The van der Waals surface area contributed by atoms with E-state index in [1.807, 2.05) is 30.5 Å². The van der Waals surface area contributed by atoms with Crippen LogP contribution in [0.2, 0.25) is 0 Å². The summed E-state index contributed by atoms with van der Waals surface area (Å²) in [5.41, 5.74) is 4.30. The number of anilines is 5. The molecular formula is C30H37N9O2. The molecule has 0 bridgehead atoms. The minimum Gasteiger partial charge on any atom is -0.351 e. The first-order valence-corrected chi connectivity index (χ1v) is 14.0. The summed E-state index contributed by atoms with van der Waals surface area (Å²) in [6, 6.07) is 15.1. The summed E-state index contributed by atoms with van der Waals surface area (Å²) in [6.45, 7) is 3.53. The molecule has 5 rings (SSSR count). The van der Waals surface area contributed by atoms with E-state index in [-0.39, 0.29) is 11.8 Å². The maximum Gasteiger partial charge on any atom is 0.255 e. The van der Waals surface area contributed by atoms with Crippen molar-refractivity contribution in [2.75, 3.05) is 35.4 Å². The number of hydrogen-bond acceptors (Lipinski definition) is 8. The molecule has 2 amide bonds. The van der Waals surface area contributed by atoms with E-state index in [4.69, 9.17) is 9.97 Å². The molecule has 1 saturated carbocycles. The first-order chi connectivity index (χ1) is 19.8. The molecule has 0 aliphatic heterocycles. The fourth-order valence-electron chi connectivity index (χ4n) is 5.15. The highest BCUT2D eigenvalue weighted by molar-refractivity contribution is 6.04. The summed E-state index contributed by atoms with van der Waals surface area (Å²) in [4.78, 5) is 36.0. The van der Waals surface area contributed by atoms with Crippen molar-refractivity contribution < 1.29 is 9.59 Å². The molecule has 0 radical (unpaired) electrons. The number of nitrogens with one attached hydrogen (secondary N) is 4. The summed E-state index contributed by atoms with van der Waals surface area (Å²) in [5, 5.41) is 17.1. The minimum absolute atomic E-state index is 0.163. The third-order valence-corrected chi connectivity index (χ3v) is 7.43. The Hall–Kier alpha value is -4.51. The Labute approximate surface area is 239 Å². The van der Waals surface area contributed by atoms with Crippen LogP contribution < -0.4 is 21.3 Å².